The molecule has 0 radical (unpaired) electrons. The zero-order valence-corrected chi connectivity index (χ0v) is 13.2. The zero-order chi connectivity index (χ0) is 15.2. The van der Waals surface area contributed by atoms with Crippen molar-refractivity contribution < 1.29 is 17.9 Å². The highest BCUT2D eigenvalue weighted by molar-refractivity contribution is 7.93. The van der Waals surface area contributed by atoms with Gasteiger partial charge in [-0.25, -0.2) is 8.42 Å². The summed E-state index contributed by atoms with van der Waals surface area (Å²) in [4.78, 5) is 12.7. The summed E-state index contributed by atoms with van der Waals surface area (Å²) in [5.41, 5.74) is 1.61. The third-order valence-corrected chi connectivity index (χ3v) is 7.49. The summed E-state index contributed by atoms with van der Waals surface area (Å²) >= 11 is 0. The Bertz CT molecular complexity index is 658. The third kappa shape index (κ3) is 2.48. The Labute approximate surface area is 125 Å². The van der Waals surface area contributed by atoms with Gasteiger partial charge in [-0.1, -0.05) is 0 Å². The smallest absolute Gasteiger partial charge is 0.166 e. The van der Waals surface area contributed by atoms with Crippen LogP contribution in [0.25, 0.3) is 0 Å². The van der Waals surface area contributed by atoms with Gasteiger partial charge in [0.1, 0.15) is 5.75 Å². The average Bonchev–Trinajstić information content (AvgIpc) is 2.65. The molecule has 0 aliphatic carbocycles. The Morgan fingerprint density at radius 2 is 1.76 bits per heavy atom. The number of carbonyl (C=O) groups is 1. The first-order valence-corrected chi connectivity index (χ1v) is 8.95. The number of sulfone groups is 1. The molecule has 2 aliphatic rings. The predicted octanol–water partition coefficient (Wildman–Crippen LogP) is 2.54. The number of ether oxygens (including phenoxy) is 1. The number of ketones is 1. The van der Waals surface area contributed by atoms with Crippen molar-refractivity contribution in [3.63, 3.8) is 0 Å². The Kier molecular flexibility index (Phi) is 3.56. The van der Waals surface area contributed by atoms with Gasteiger partial charge in [-0.15, -0.1) is 0 Å². The number of carbonyl (C=O) groups excluding carboxylic acids is 1. The van der Waals surface area contributed by atoms with Crippen LogP contribution in [0.1, 0.15) is 41.6 Å². The first kappa shape index (κ1) is 14.6. The molecule has 0 amide bonds. The first-order valence-electron chi connectivity index (χ1n) is 7.34. The van der Waals surface area contributed by atoms with Gasteiger partial charge in [0.15, 0.2) is 15.6 Å². The van der Waals surface area contributed by atoms with E-state index in [9.17, 15) is 13.2 Å². The van der Waals surface area contributed by atoms with Crippen LogP contribution in [-0.2, 0) is 9.84 Å². The fourth-order valence-electron chi connectivity index (χ4n) is 3.67. The van der Waals surface area contributed by atoms with E-state index >= 15 is 0 Å². The molecule has 5 heteroatoms. The van der Waals surface area contributed by atoms with Gasteiger partial charge in [-0.3, -0.25) is 4.79 Å². The van der Waals surface area contributed by atoms with Gasteiger partial charge in [0.2, 0.25) is 0 Å². The van der Waals surface area contributed by atoms with Crippen LogP contribution in [-0.4, -0.2) is 31.8 Å². The van der Waals surface area contributed by atoms with Crippen molar-refractivity contribution in [2.75, 3.05) is 7.11 Å². The Morgan fingerprint density at radius 3 is 2.33 bits per heavy atom. The molecule has 2 aliphatic heterocycles. The summed E-state index contributed by atoms with van der Waals surface area (Å²) in [5, 5.41) is -0.617. The summed E-state index contributed by atoms with van der Waals surface area (Å²) < 4.78 is 29.4. The summed E-state index contributed by atoms with van der Waals surface area (Å²) in [6.07, 6.45) is 2.39. The maximum absolute atomic E-state index is 12.7. The average molecular weight is 308 g/mol. The van der Waals surface area contributed by atoms with Gasteiger partial charge >= 0.3 is 0 Å². The lowest BCUT2D eigenvalue weighted by Crippen LogP contribution is -2.36. The number of rotatable bonds is 3. The molecule has 1 aromatic rings. The van der Waals surface area contributed by atoms with Gasteiger partial charge in [0, 0.05) is 11.5 Å². The lowest BCUT2D eigenvalue weighted by Gasteiger charge is -2.27. The van der Waals surface area contributed by atoms with E-state index < -0.39 is 9.84 Å². The molecule has 2 bridgehead atoms. The molecule has 2 heterocycles. The standard InChI is InChI=1S/C16H20O4S/c1-10-5-11(7-13(6-10)20-2)16(17)12-8-14-3-4-15(9-12)21(14,18)19/h5-7,12,14-15H,3-4,8-9H2,1-2H3. The molecule has 114 valence electrons. The van der Waals surface area contributed by atoms with Crippen molar-refractivity contribution in [2.45, 2.75) is 43.1 Å². The van der Waals surface area contributed by atoms with E-state index in [4.69, 9.17) is 4.74 Å². The van der Waals surface area contributed by atoms with Crippen LogP contribution in [0.3, 0.4) is 0 Å². The quantitative estimate of drug-likeness (QED) is 0.805. The molecule has 2 atom stereocenters. The van der Waals surface area contributed by atoms with Gasteiger partial charge in [-0.2, -0.15) is 0 Å². The molecule has 2 unspecified atom stereocenters. The van der Waals surface area contributed by atoms with Gasteiger partial charge < -0.3 is 4.74 Å². The highest BCUT2D eigenvalue weighted by atomic mass is 32.2. The molecule has 2 saturated heterocycles. The molecule has 4 nitrogen and oxygen atoms in total. The molecule has 0 spiro atoms. The first-order chi connectivity index (χ1) is 9.91. The number of hydrogen-bond donors (Lipinski definition) is 0. The normalized spacial score (nSPS) is 30.1. The van der Waals surface area contributed by atoms with E-state index in [2.05, 4.69) is 0 Å². The topological polar surface area (TPSA) is 60.4 Å². The molecule has 3 rings (SSSR count). The third-order valence-electron chi connectivity index (χ3n) is 4.78. The van der Waals surface area contributed by atoms with Crippen molar-refractivity contribution in [3.8, 4) is 5.75 Å². The molecule has 21 heavy (non-hydrogen) atoms. The predicted molar refractivity (Wildman–Crippen MR) is 80.5 cm³/mol. The molecular formula is C16H20O4S. The van der Waals surface area contributed by atoms with Crippen molar-refractivity contribution >= 4 is 15.6 Å². The van der Waals surface area contributed by atoms with Crippen molar-refractivity contribution in [1.82, 2.24) is 0 Å². The molecule has 0 aromatic heterocycles. The molecule has 0 N–H and O–H groups in total. The van der Waals surface area contributed by atoms with E-state index in [0.717, 1.165) is 5.56 Å². The van der Waals surface area contributed by atoms with Crippen LogP contribution in [0, 0.1) is 12.8 Å². The van der Waals surface area contributed by atoms with E-state index in [1.165, 1.54) is 0 Å². The van der Waals surface area contributed by atoms with E-state index in [1.807, 2.05) is 19.1 Å². The fraction of sp³-hybridized carbons (Fsp3) is 0.562. The van der Waals surface area contributed by atoms with Crippen molar-refractivity contribution in [1.29, 1.82) is 0 Å². The lowest BCUT2D eigenvalue weighted by atomic mass is 9.90. The number of aryl methyl sites for hydroxylation is 1. The highest BCUT2D eigenvalue weighted by Crippen LogP contribution is 2.42. The summed E-state index contributed by atoms with van der Waals surface area (Å²) in [6, 6.07) is 5.49. The van der Waals surface area contributed by atoms with Crippen LogP contribution in [0.2, 0.25) is 0 Å². The highest BCUT2D eigenvalue weighted by Gasteiger charge is 2.48. The van der Waals surface area contributed by atoms with Crippen LogP contribution in [0.5, 0.6) is 5.75 Å². The number of fused-ring (bicyclic) bond motifs is 2. The minimum Gasteiger partial charge on any atom is -0.497 e. The second-order valence-electron chi connectivity index (χ2n) is 6.18. The molecule has 0 saturated carbocycles. The van der Waals surface area contributed by atoms with E-state index in [0.29, 0.717) is 37.0 Å². The Balaban J connectivity index is 1.86. The van der Waals surface area contributed by atoms with Gasteiger partial charge in [-0.05, 0) is 56.4 Å². The Morgan fingerprint density at radius 1 is 1.14 bits per heavy atom. The largest absolute Gasteiger partial charge is 0.497 e. The second kappa shape index (κ2) is 5.13. The minimum absolute atomic E-state index is 0.0591. The monoisotopic (exact) mass is 308 g/mol. The second-order valence-corrected chi connectivity index (χ2v) is 8.69. The zero-order valence-electron chi connectivity index (χ0n) is 12.3. The van der Waals surface area contributed by atoms with E-state index in [-0.39, 0.29) is 22.2 Å². The molecular weight excluding hydrogens is 288 g/mol. The SMILES string of the molecule is COc1cc(C)cc(C(=O)C2CC3CCC(C2)S3(=O)=O)c1. The van der Waals surface area contributed by atoms with Gasteiger partial charge in [0.05, 0.1) is 17.6 Å². The van der Waals surface area contributed by atoms with Crippen LogP contribution < -0.4 is 4.74 Å². The summed E-state index contributed by atoms with van der Waals surface area (Å²) in [5.74, 6) is 0.561. The molecule has 2 fully saturated rings. The molecule has 1 aromatic carbocycles. The van der Waals surface area contributed by atoms with Crippen molar-refractivity contribution in [3.05, 3.63) is 29.3 Å². The van der Waals surface area contributed by atoms with E-state index in [1.54, 1.807) is 13.2 Å². The summed E-state index contributed by atoms with van der Waals surface area (Å²) in [7, 11) is -1.40. The van der Waals surface area contributed by atoms with Crippen LogP contribution in [0.15, 0.2) is 18.2 Å². The maximum Gasteiger partial charge on any atom is 0.166 e. The minimum atomic E-state index is -2.98. The maximum atomic E-state index is 12.7. The fourth-order valence-corrected chi connectivity index (χ4v) is 6.14. The number of Topliss-reactive ketones (excluding diaryl/α,β-unsaturated/α-hetero) is 1. The number of hydrogen-bond acceptors (Lipinski definition) is 4. The Hall–Kier alpha value is -1.36. The van der Waals surface area contributed by atoms with Crippen molar-refractivity contribution in [2.24, 2.45) is 5.92 Å². The number of benzene rings is 1. The lowest BCUT2D eigenvalue weighted by molar-refractivity contribution is 0.0905. The van der Waals surface area contributed by atoms with Crippen LogP contribution >= 0.6 is 0 Å². The number of methoxy groups -OCH3 is 1. The van der Waals surface area contributed by atoms with Gasteiger partial charge in [0.25, 0.3) is 0 Å². The summed E-state index contributed by atoms with van der Waals surface area (Å²) in [6.45, 7) is 1.92. The van der Waals surface area contributed by atoms with Crippen LogP contribution in [0.4, 0.5) is 0 Å².